The fourth-order valence-corrected chi connectivity index (χ4v) is 2.97. The van der Waals surface area contributed by atoms with Crippen molar-refractivity contribution >= 4 is 5.96 Å². The van der Waals surface area contributed by atoms with Gasteiger partial charge in [0.15, 0.2) is 5.96 Å². The molecule has 1 aromatic carbocycles. The van der Waals surface area contributed by atoms with Crippen molar-refractivity contribution in [2.45, 2.75) is 25.8 Å². The number of hydrogen-bond donors (Lipinski definition) is 2. The van der Waals surface area contributed by atoms with E-state index in [0.29, 0.717) is 5.92 Å². The van der Waals surface area contributed by atoms with Crippen LogP contribution in [0.15, 0.2) is 53.8 Å². The van der Waals surface area contributed by atoms with Crippen molar-refractivity contribution < 1.29 is 4.74 Å². The summed E-state index contributed by atoms with van der Waals surface area (Å²) in [5.41, 5.74) is 1.27. The van der Waals surface area contributed by atoms with Crippen molar-refractivity contribution in [3.8, 4) is 5.75 Å². The molecule has 1 unspecified atom stereocenters. The highest BCUT2D eigenvalue weighted by atomic mass is 16.5. The molecule has 1 aliphatic rings. The molecule has 0 bridgehead atoms. The summed E-state index contributed by atoms with van der Waals surface area (Å²) in [4.78, 5) is 4.78. The fraction of sp³-hybridized carbons (Fsp3) is 0.421. The first-order valence-electron chi connectivity index (χ1n) is 8.71. The first kappa shape index (κ1) is 16.4. The molecule has 0 saturated carbocycles. The molecule has 0 saturated heterocycles. The Kier molecular flexibility index (Phi) is 5.77. The van der Waals surface area contributed by atoms with E-state index in [0.717, 1.165) is 50.9 Å². The number of guanidine groups is 1. The van der Waals surface area contributed by atoms with Gasteiger partial charge in [-0.2, -0.15) is 0 Å². The van der Waals surface area contributed by atoms with Crippen molar-refractivity contribution in [1.29, 1.82) is 0 Å². The first-order valence-corrected chi connectivity index (χ1v) is 8.71. The zero-order valence-corrected chi connectivity index (χ0v) is 14.2. The van der Waals surface area contributed by atoms with Crippen molar-refractivity contribution in [3.05, 3.63) is 54.4 Å². The Labute approximate surface area is 143 Å². The molecule has 1 aliphatic heterocycles. The minimum Gasteiger partial charge on any atom is -0.493 e. The number of hydrogen-bond acceptors (Lipinski definition) is 2. The molecule has 1 aromatic heterocycles. The molecular formula is C19H26N4O. The van der Waals surface area contributed by atoms with Gasteiger partial charge in [0.05, 0.1) is 6.61 Å². The average molecular weight is 326 g/mol. The number of aliphatic imine (C=N–C) groups is 1. The molecule has 5 heteroatoms. The van der Waals surface area contributed by atoms with Crippen LogP contribution in [0.1, 0.15) is 24.8 Å². The maximum absolute atomic E-state index is 5.73. The summed E-state index contributed by atoms with van der Waals surface area (Å²) in [5.74, 6) is 2.32. The smallest absolute Gasteiger partial charge is 0.191 e. The second-order valence-electron chi connectivity index (χ2n) is 5.94. The van der Waals surface area contributed by atoms with E-state index in [1.165, 1.54) is 5.56 Å². The zero-order valence-electron chi connectivity index (χ0n) is 14.2. The molecule has 2 N–H and O–H groups in total. The summed E-state index contributed by atoms with van der Waals surface area (Å²) in [6.07, 6.45) is 5.17. The van der Waals surface area contributed by atoms with Crippen molar-refractivity contribution in [1.82, 2.24) is 15.2 Å². The largest absolute Gasteiger partial charge is 0.493 e. The molecule has 2 heterocycles. The minimum atomic E-state index is 0.426. The zero-order chi connectivity index (χ0) is 16.6. The van der Waals surface area contributed by atoms with E-state index in [2.05, 4.69) is 46.7 Å². The molecule has 128 valence electrons. The number of nitrogens with zero attached hydrogens (tertiary/aromatic N) is 2. The van der Waals surface area contributed by atoms with Crippen LogP contribution in [-0.2, 0) is 6.54 Å². The van der Waals surface area contributed by atoms with Gasteiger partial charge in [-0.15, -0.1) is 0 Å². The van der Waals surface area contributed by atoms with E-state index in [-0.39, 0.29) is 0 Å². The molecule has 0 fully saturated rings. The van der Waals surface area contributed by atoms with Gasteiger partial charge in [0.1, 0.15) is 5.75 Å². The van der Waals surface area contributed by atoms with Crippen LogP contribution in [-0.4, -0.2) is 36.8 Å². The number of nitrogens with one attached hydrogen (secondary N) is 2. The maximum Gasteiger partial charge on any atom is 0.191 e. The quantitative estimate of drug-likeness (QED) is 0.634. The second-order valence-corrected chi connectivity index (χ2v) is 5.94. The Morgan fingerprint density at radius 1 is 1.21 bits per heavy atom. The molecule has 2 aromatic rings. The summed E-state index contributed by atoms with van der Waals surface area (Å²) in [5, 5.41) is 6.73. The number of fused-ring (bicyclic) bond motifs is 1. The van der Waals surface area contributed by atoms with Crippen molar-refractivity contribution in [2.75, 3.05) is 26.2 Å². The maximum atomic E-state index is 5.73. The Balaban J connectivity index is 1.57. The van der Waals surface area contributed by atoms with Crippen molar-refractivity contribution in [2.24, 2.45) is 4.99 Å². The predicted molar refractivity (Wildman–Crippen MR) is 97.7 cm³/mol. The monoisotopic (exact) mass is 326 g/mol. The Morgan fingerprint density at radius 3 is 2.88 bits per heavy atom. The number of aromatic nitrogens is 1. The van der Waals surface area contributed by atoms with Crippen LogP contribution in [0, 0.1) is 0 Å². The van der Waals surface area contributed by atoms with E-state index in [1.807, 2.05) is 24.3 Å². The molecular weight excluding hydrogens is 300 g/mol. The minimum absolute atomic E-state index is 0.426. The number of rotatable bonds is 6. The van der Waals surface area contributed by atoms with Gasteiger partial charge in [-0.05, 0) is 37.1 Å². The van der Waals surface area contributed by atoms with Crippen LogP contribution in [0.3, 0.4) is 0 Å². The van der Waals surface area contributed by atoms with E-state index in [4.69, 9.17) is 9.73 Å². The lowest BCUT2D eigenvalue weighted by Gasteiger charge is -2.25. The van der Waals surface area contributed by atoms with E-state index in [1.54, 1.807) is 0 Å². The summed E-state index contributed by atoms with van der Waals surface area (Å²) in [6, 6.07) is 12.4. The number of benzene rings is 1. The van der Waals surface area contributed by atoms with Crippen molar-refractivity contribution in [3.63, 3.8) is 0 Å². The summed E-state index contributed by atoms with van der Waals surface area (Å²) in [7, 11) is 0. The van der Waals surface area contributed by atoms with E-state index < -0.39 is 0 Å². The predicted octanol–water partition coefficient (Wildman–Crippen LogP) is 2.61. The Morgan fingerprint density at radius 2 is 2.04 bits per heavy atom. The lowest BCUT2D eigenvalue weighted by atomic mass is 9.93. The Hall–Kier alpha value is -2.43. The SMILES string of the molecule is CCNC(=NCC1CCOc2ccccc21)NCCn1cccc1. The lowest BCUT2D eigenvalue weighted by molar-refractivity contribution is 0.269. The summed E-state index contributed by atoms with van der Waals surface area (Å²) < 4.78 is 7.89. The summed E-state index contributed by atoms with van der Waals surface area (Å²) in [6.45, 7) is 6.28. The van der Waals surface area contributed by atoms with Gasteiger partial charge in [-0.25, -0.2) is 0 Å². The summed E-state index contributed by atoms with van der Waals surface area (Å²) >= 11 is 0. The number of para-hydroxylation sites is 1. The molecule has 0 aliphatic carbocycles. The van der Waals surface area contributed by atoms with Crippen LogP contribution in [0.25, 0.3) is 0 Å². The highest BCUT2D eigenvalue weighted by molar-refractivity contribution is 5.79. The molecule has 3 rings (SSSR count). The molecule has 24 heavy (non-hydrogen) atoms. The van der Waals surface area contributed by atoms with Gasteiger partial charge in [-0.1, -0.05) is 18.2 Å². The van der Waals surface area contributed by atoms with Gasteiger partial charge in [-0.3, -0.25) is 4.99 Å². The number of ether oxygens (including phenoxy) is 1. The van der Waals surface area contributed by atoms with E-state index in [9.17, 15) is 0 Å². The lowest BCUT2D eigenvalue weighted by Crippen LogP contribution is -2.39. The third-order valence-electron chi connectivity index (χ3n) is 4.23. The van der Waals surface area contributed by atoms with Crippen LogP contribution < -0.4 is 15.4 Å². The van der Waals surface area contributed by atoms with E-state index >= 15 is 0 Å². The highest BCUT2D eigenvalue weighted by Gasteiger charge is 2.20. The van der Waals surface area contributed by atoms with Crippen LogP contribution >= 0.6 is 0 Å². The molecule has 1 atom stereocenters. The normalized spacial score (nSPS) is 17.0. The molecule has 0 amide bonds. The van der Waals surface area contributed by atoms with Gasteiger partial charge in [0.2, 0.25) is 0 Å². The molecule has 0 radical (unpaired) electrons. The fourth-order valence-electron chi connectivity index (χ4n) is 2.97. The van der Waals surface area contributed by atoms with Gasteiger partial charge in [0, 0.05) is 44.5 Å². The van der Waals surface area contributed by atoms with Crippen LogP contribution in [0.5, 0.6) is 5.75 Å². The molecule has 5 nitrogen and oxygen atoms in total. The first-order chi connectivity index (χ1) is 11.9. The average Bonchev–Trinajstić information content (AvgIpc) is 3.13. The van der Waals surface area contributed by atoms with Gasteiger partial charge >= 0.3 is 0 Å². The highest BCUT2D eigenvalue weighted by Crippen LogP contribution is 2.33. The third-order valence-corrected chi connectivity index (χ3v) is 4.23. The topological polar surface area (TPSA) is 50.6 Å². The van der Waals surface area contributed by atoms with Gasteiger partial charge in [0.25, 0.3) is 0 Å². The second kappa shape index (κ2) is 8.43. The van der Waals surface area contributed by atoms with Crippen LogP contribution in [0.4, 0.5) is 0 Å². The van der Waals surface area contributed by atoms with Crippen LogP contribution in [0.2, 0.25) is 0 Å². The third kappa shape index (κ3) is 4.31. The molecule has 0 spiro atoms. The van der Waals surface area contributed by atoms with Gasteiger partial charge < -0.3 is 19.9 Å². The standard InChI is InChI=1S/C19H26N4O/c1-2-20-19(21-10-13-23-11-5-6-12-23)22-15-16-9-14-24-18-8-4-3-7-17(16)18/h3-8,11-12,16H,2,9-10,13-15H2,1H3,(H2,20,21,22). The Bertz CT molecular complexity index is 651.